The Morgan fingerprint density at radius 3 is 2.14 bits per heavy atom. The summed E-state index contributed by atoms with van der Waals surface area (Å²) in [5, 5.41) is 0. The number of nitrogens with one attached hydrogen (secondary N) is 1. The van der Waals surface area contributed by atoms with Crippen LogP contribution in [0.4, 0.5) is 0 Å². The normalized spacial score (nSPS) is 25.6. The molecule has 0 spiro atoms. The van der Waals surface area contributed by atoms with Crippen molar-refractivity contribution in [1.29, 1.82) is 0 Å². The lowest BCUT2D eigenvalue weighted by Gasteiger charge is -2.31. The van der Waals surface area contributed by atoms with Gasteiger partial charge < -0.3 is 14.4 Å². The summed E-state index contributed by atoms with van der Waals surface area (Å²) in [6, 6.07) is 7.92. The molecule has 1 aromatic rings. The molecule has 1 N–H and O–H groups in total. The topological polar surface area (TPSA) is 22.9 Å². The summed E-state index contributed by atoms with van der Waals surface area (Å²) in [7, 11) is 0. The van der Waals surface area contributed by atoms with E-state index in [2.05, 4.69) is 13.8 Å². The first-order valence-electron chi connectivity index (χ1n) is 8.36. The van der Waals surface area contributed by atoms with Crippen LogP contribution in [0.3, 0.4) is 0 Å². The summed E-state index contributed by atoms with van der Waals surface area (Å²) in [4.78, 5) is 1.75. The molecule has 1 aromatic carbocycles. The van der Waals surface area contributed by atoms with Crippen LogP contribution in [0, 0.1) is 11.8 Å². The zero-order valence-corrected chi connectivity index (χ0v) is 13.7. The number of ether oxygens (including phenoxy) is 2. The molecule has 0 amide bonds. The van der Waals surface area contributed by atoms with E-state index in [4.69, 9.17) is 9.47 Å². The first kappa shape index (κ1) is 16.2. The predicted octanol–water partition coefficient (Wildman–Crippen LogP) is 2.42. The quantitative estimate of drug-likeness (QED) is 0.780. The van der Waals surface area contributed by atoms with Gasteiger partial charge >= 0.3 is 0 Å². The van der Waals surface area contributed by atoms with Gasteiger partial charge in [-0.25, -0.2) is 0 Å². The number of rotatable bonds is 7. The summed E-state index contributed by atoms with van der Waals surface area (Å²) in [6.45, 7) is 12.1. The lowest BCUT2D eigenvalue weighted by Crippen LogP contribution is -3.14. The van der Waals surface area contributed by atoms with E-state index in [1.54, 1.807) is 4.90 Å². The molecule has 3 heteroatoms. The zero-order valence-electron chi connectivity index (χ0n) is 13.7. The van der Waals surface area contributed by atoms with Gasteiger partial charge in [0.1, 0.15) is 11.5 Å². The van der Waals surface area contributed by atoms with Crippen LogP contribution in [0.1, 0.15) is 33.6 Å². The summed E-state index contributed by atoms with van der Waals surface area (Å²) in [5.41, 5.74) is 0. The number of likely N-dealkylation sites (tertiary alicyclic amines) is 1. The highest BCUT2D eigenvalue weighted by molar-refractivity contribution is 5.31. The number of quaternary nitrogens is 1. The molecule has 0 aliphatic carbocycles. The van der Waals surface area contributed by atoms with Gasteiger partial charge in [-0.3, -0.25) is 0 Å². The lowest BCUT2D eigenvalue weighted by atomic mass is 9.92. The van der Waals surface area contributed by atoms with Gasteiger partial charge in [0.25, 0.3) is 0 Å². The van der Waals surface area contributed by atoms with E-state index in [1.165, 1.54) is 26.1 Å². The third kappa shape index (κ3) is 5.58. The Balaban J connectivity index is 1.65. The van der Waals surface area contributed by atoms with E-state index in [1.807, 2.05) is 31.2 Å². The van der Waals surface area contributed by atoms with E-state index >= 15 is 0 Å². The molecule has 1 aliphatic heterocycles. The highest BCUT2D eigenvalue weighted by atomic mass is 16.5. The van der Waals surface area contributed by atoms with Crippen LogP contribution in [0.5, 0.6) is 11.5 Å². The fourth-order valence-electron chi connectivity index (χ4n) is 3.44. The monoisotopic (exact) mass is 292 g/mol. The largest absolute Gasteiger partial charge is 0.494 e. The third-order valence-corrected chi connectivity index (χ3v) is 4.16. The minimum absolute atomic E-state index is 0.704. The second-order valence-electron chi connectivity index (χ2n) is 6.46. The minimum Gasteiger partial charge on any atom is -0.494 e. The molecule has 0 radical (unpaired) electrons. The number of hydrogen-bond acceptors (Lipinski definition) is 2. The summed E-state index contributed by atoms with van der Waals surface area (Å²) >= 11 is 0. The van der Waals surface area contributed by atoms with Crippen molar-refractivity contribution in [2.75, 3.05) is 32.8 Å². The maximum Gasteiger partial charge on any atom is 0.119 e. The van der Waals surface area contributed by atoms with Crippen LogP contribution in [0.2, 0.25) is 0 Å². The van der Waals surface area contributed by atoms with Gasteiger partial charge in [-0.1, -0.05) is 13.8 Å². The average molecular weight is 292 g/mol. The van der Waals surface area contributed by atoms with Crippen molar-refractivity contribution < 1.29 is 14.4 Å². The van der Waals surface area contributed by atoms with Gasteiger partial charge in [-0.2, -0.15) is 0 Å². The maximum absolute atomic E-state index is 5.81. The zero-order chi connectivity index (χ0) is 15.1. The van der Waals surface area contributed by atoms with Crippen molar-refractivity contribution in [2.45, 2.75) is 33.6 Å². The molecular formula is C18H30NO2+. The molecule has 1 heterocycles. The SMILES string of the molecule is CCOc1ccc(OCCC[NH+]2C[C@H](C)C[C@@H](C)C2)cc1. The second kappa shape index (κ2) is 8.28. The van der Waals surface area contributed by atoms with Gasteiger partial charge in [-0.15, -0.1) is 0 Å². The Labute approximate surface area is 129 Å². The molecule has 0 saturated carbocycles. The van der Waals surface area contributed by atoms with Gasteiger partial charge in [0.15, 0.2) is 0 Å². The van der Waals surface area contributed by atoms with E-state index in [-0.39, 0.29) is 0 Å². The van der Waals surface area contributed by atoms with Crippen LogP contribution in [-0.4, -0.2) is 32.8 Å². The van der Waals surface area contributed by atoms with E-state index in [0.717, 1.165) is 36.4 Å². The van der Waals surface area contributed by atoms with Crippen LogP contribution >= 0.6 is 0 Å². The predicted molar refractivity (Wildman–Crippen MR) is 86.2 cm³/mol. The first-order valence-corrected chi connectivity index (χ1v) is 8.36. The first-order chi connectivity index (χ1) is 10.2. The van der Waals surface area contributed by atoms with Crippen molar-refractivity contribution in [2.24, 2.45) is 11.8 Å². The number of benzene rings is 1. The number of piperidine rings is 1. The van der Waals surface area contributed by atoms with Gasteiger partial charge in [-0.05, 0) is 37.6 Å². The smallest absolute Gasteiger partial charge is 0.119 e. The van der Waals surface area contributed by atoms with Crippen LogP contribution in [0.25, 0.3) is 0 Å². The highest BCUT2D eigenvalue weighted by Gasteiger charge is 2.24. The van der Waals surface area contributed by atoms with Crippen molar-refractivity contribution >= 4 is 0 Å². The lowest BCUT2D eigenvalue weighted by molar-refractivity contribution is -0.912. The van der Waals surface area contributed by atoms with Crippen molar-refractivity contribution in [3.8, 4) is 11.5 Å². The Morgan fingerprint density at radius 2 is 1.57 bits per heavy atom. The Kier molecular flexibility index (Phi) is 6.37. The fraction of sp³-hybridized carbons (Fsp3) is 0.667. The third-order valence-electron chi connectivity index (χ3n) is 4.16. The molecule has 1 fully saturated rings. The van der Waals surface area contributed by atoms with Crippen LogP contribution in [0.15, 0.2) is 24.3 Å². The molecule has 3 nitrogen and oxygen atoms in total. The summed E-state index contributed by atoms with van der Waals surface area (Å²) in [6.07, 6.45) is 2.52. The average Bonchev–Trinajstić information content (AvgIpc) is 2.45. The van der Waals surface area contributed by atoms with E-state index in [9.17, 15) is 0 Å². The summed E-state index contributed by atoms with van der Waals surface area (Å²) < 4.78 is 11.2. The molecule has 0 unspecified atom stereocenters. The molecule has 2 rings (SSSR count). The second-order valence-corrected chi connectivity index (χ2v) is 6.46. The van der Waals surface area contributed by atoms with Gasteiger partial charge in [0.05, 0.1) is 32.8 Å². The molecule has 1 aliphatic rings. The van der Waals surface area contributed by atoms with E-state index in [0.29, 0.717) is 6.61 Å². The van der Waals surface area contributed by atoms with Crippen LogP contribution < -0.4 is 14.4 Å². The molecule has 1 saturated heterocycles. The Bertz CT molecular complexity index is 394. The van der Waals surface area contributed by atoms with Crippen molar-refractivity contribution in [3.05, 3.63) is 24.3 Å². The fourth-order valence-corrected chi connectivity index (χ4v) is 3.44. The van der Waals surface area contributed by atoms with Gasteiger partial charge in [0.2, 0.25) is 0 Å². The standard InChI is InChI=1S/C18H29NO2/c1-4-20-17-6-8-18(9-7-17)21-11-5-10-19-13-15(2)12-16(3)14-19/h6-9,15-16H,4-5,10-14H2,1-3H3/p+1/t15-,16-/m1/s1. The molecule has 118 valence electrons. The Morgan fingerprint density at radius 1 is 1.00 bits per heavy atom. The van der Waals surface area contributed by atoms with E-state index < -0.39 is 0 Å². The minimum atomic E-state index is 0.704. The van der Waals surface area contributed by atoms with Gasteiger partial charge in [0, 0.05) is 18.3 Å². The maximum atomic E-state index is 5.81. The molecule has 2 atom stereocenters. The Hall–Kier alpha value is -1.22. The molecular weight excluding hydrogens is 262 g/mol. The van der Waals surface area contributed by atoms with Crippen molar-refractivity contribution in [1.82, 2.24) is 0 Å². The number of hydrogen-bond donors (Lipinski definition) is 1. The van der Waals surface area contributed by atoms with Crippen LogP contribution in [-0.2, 0) is 0 Å². The molecule has 0 bridgehead atoms. The molecule has 21 heavy (non-hydrogen) atoms. The highest BCUT2D eigenvalue weighted by Crippen LogP contribution is 2.17. The summed E-state index contributed by atoms with van der Waals surface area (Å²) in [5.74, 6) is 3.59. The molecule has 0 aromatic heterocycles. The van der Waals surface area contributed by atoms with Crippen molar-refractivity contribution in [3.63, 3.8) is 0 Å².